The Morgan fingerprint density at radius 3 is 3.18 bits per heavy atom. The summed E-state index contributed by atoms with van der Waals surface area (Å²) in [4.78, 5) is 0. The molecule has 1 aliphatic heterocycles. The Morgan fingerprint density at radius 2 is 2.55 bits per heavy atom. The zero-order valence-corrected chi connectivity index (χ0v) is 7.32. The second-order valence-electron chi connectivity index (χ2n) is 3.23. The van der Waals surface area contributed by atoms with Crippen LogP contribution in [-0.4, -0.2) is 19.6 Å². The molecule has 0 amide bonds. The Labute approximate surface area is 69.1 Å². The molecule has 1 atom stereocenters. The first-order valence-electron chi connectivity index (χ1n) is 4.42. The minimum absolute atomic E-state index is 0.670. The summed E-state index contributed by atoms with van der Waals surface area (Å²) in [5.74, 6) is 0. The highest BCUT2D eigenvalue weighted by atomic mass is 14.9. The van der Waals surface area contributed by atoms with E-state index in [1.54, 1.807) is 0 Å². The Bertz CT molecular complexity index is 132. The van der Waals surface area contributed by atoms with Gasteiger partial charge in [-0.05, 0) is 39.3 Å². The Balaban J connectivity index is 2.17. The van der Waals surface area contributed by atoms with Gasteiger partial charge in [0, 0.05) is 11.7 Å². The van der Waals surface area contributed by atoms with Crippen LogP contribution in [0.2, 0.25) is 0 Å². The number of allylic oxidation sites excluding steroid dienone is 1. The van der Waals surface area contributed by atoms with Gasteiger partial charge >= 0.3 is 0 Å². The van der Waals surface area contributed by atoms with E-state index in [0.29, 0.717) is 6.04 Å². The smallest absolute Gasteiger partial charge is 0.0270 e. The van der Waals surface area contributed by atoms with Gasteiger partial charge in [0.15, 0.2) is 0 Å². The fourth-order valence-electron chi connectivity index (χ4n) is 1.53. The first kappa shape index (κ1) is 8.60. The monoisotopic (exact) mass is 154 g/mol. The van der Waals surface area contributed by atoms with E-state index < -0.39 is 0 Å². The third-order valence-electron chi connectivity index (χ3n) is 2.18. The molecule has 0 saturated carbocycles. The molecule has 1 heterocycles. The van der Waals surface area contributed by atoms with Crippen LogP contribution in [0.4, 0.5) is 0 Å². The van der Waals surface area contributed by atoms with Gasteiger partial charge in [0.2, 0.25) is 0 Å². The molecule has 2 N–H and O–H groups in total. The fourth-order valence-corrected chi connectivity index (χ4v) is 1.53. The fraction of sp³-hybridized carbons (Fsp3) is 0.778. The molecule has 0 aromatic carbocycles. The molecule has 0 aromatic heterocycles. The largest absolute Gasteiger partial charge is 0.386 e. The lowest BCUT2D eigenvalue weighted by atomic mass is 10.0. The summed E-state index contributed by atoms with van der Waals surface area (Å²) < 4.78 is 0. The highest BCUT2D eigenvalue weighted by Crippen LogP contribution is 2.15. The molecular weight excluding hydrogens is 136 g/mol. The van der Waals surface area contributed by atoms with Crippen LogP contribution in [0.25, 0.3) is 0 Å². The first-order valence-corrected chi connectivity index (χ1v) is 4.42. The number of nitrogens with one attached hydrogen (secondary N) is 2. The molecule has 2 nitrogen and oxygen atoms in total. The van der Waals surface area contributed by atoms with Crippen molar-refractivity contribution in [2.75, 3.05) is 13.6 Å². The van der Waals surface area contributed by atoms with Crippen molar-refractivity contribution in [2.45, 2.75) is 31.7 Å². The quantitative estimate of drug-likeness (QED) is 0.639. The minimum Gasteiger partial charge on any atom is -0.386 e. The van der Waals surface area contributed by atoms with Crippen molar-refractivity contribution in [1.29, 1.82) is 0 Å². The molecule has 1 fully saturated rings. The van der Waals surface area contributed by atoms with Gasteiger partial charge in [0.1, 0.15) is 0 Å². The van der Waals surface area contributed by atoms with Gasteiger partial charge in [-0.3, -0.25) is 0 Å². The molecule has 0 radical (unpaired) electrons. The molecule has 0 spiro atoms. The average Bonchev–Trinajstić information content (AvgIpc) is 2.01. The second-order valence-corrected chi connectivity index (χ2v) is 3.23. The van der Waals surface area contributed by atoms with Crippen LogP contribution in [0.5, 0.6) is 0 Å². The van der Waals surface area contributed by atoms with E-state index in [4.69, 9.17) is 0 Å². The summed E-state index contributed by atoms with van der Waals surface area (Å²) in [6, 6.07) is 0.670. The first-order chi connectivity index (χ1) is 5.33. The molecule has 0 bridgehead atoms. The molecule has 1 unspecified atom stereocenters. The third-order valence-corrected chi connectivity index (χ3v) is 2.18. The summed E-state index contributed by atoms with van der Waals surface area (Å²) >= 11 is 0. The van der Waals surface area contributed by atoms with Crippen LogP contribution in [0.1, 0.15) is 25.7 Å². The molecule has 2 heteroatoms. The number of rotatable bonds is 3. The molecule has 1 rings (SSSR count). The topological polar surface area (TPSA) is 24.1 Å². The maximum atomic E-state index is 3.94. The highest BCUT2D eigenvalue weighted by molar-refractivity contribution is 4.97. The van der Waals surface area contributed by atoms with Crippen LogP contribution >= 0.6 is 0 Å². The van der Waals surface area contributed by atoms with Gasteiger partial charge in [-0.15, -0.1) is 0 Å². The molecule has 0 aromatic rings. The van der Waals surface area contributed by atoms with Gasteiger partial charge in [-0.2, -0.15) is 0 Å². The van der Waals surface area contributed by atoms with Crippen molar-refractivity contribution in [1.82, 2.24) is 10.6 Å². The van der Waals surface area contributed by atoms with Gasteiger partial charge < -0.3 is 10.6 Å². The molecule has 11 heavy (non-hydrogen) atoms. The van der Waals surface area contributed by atoms with Gasteiger partial charge in [-0.25, -0.2) is 0 Å². The van der Waals surface area contributed by atoms with Crippen molar-refractivity contribution in [3.63, 3.8) is 0 Å². The van der Waals surface area contributed by atoms with Crippen molar-refractivity contribution >= 4 is 0 Å². The second kappa shape index (κ2) is 4.39. The van der Waals surface area contributed by atoms with E-state index in [0.717, 1.165) is 13.0 Å². The lowest BCUT2D eigenvalue weighted by Crippen LogP contribution is -2.34. The standard InChI is InChI=1S/C9H18N2/c1-8-4-3-5-9(11-8)6-7-10-2/h9-11H,1,3-7H2,2H3. The van der Waals surface area contributed by atoms with Gasteiger partial charge in [-0.1, -0.05) is 6.58 Å². The van der Waals surface area contributed by atoms with Crippen LogP contribution in [0, 0.1) is 0 Å². The molecule has 0 aliphatic carbocycles. The summed E-state index contributed by atoms with van der Waals surface area (Å²) in [7, 11) is 2.00. The summed E-state index contributed by atoms with van der Waals surface area (Å²) in [5.41, 5.74) is 1.22. The van der Waals surface area contributed by atoms with Crippen molar-refractivity contribution in [3.05, 3.63) is 12.3 Å². The number of hydrogen-bond acceptors (Lipinski definition) is 2. The van der Waals surface area contributed by atoms with Crippen LogP contribution < -0.4 is 10.6 Å². The Hall–Kier alpha value is -0.500. The normalized spacial score (nSPS) is 24.8. The zero-order chi connectivity index (χ0) is 8.10. The highest BCUT2D eigenvalue weighted by Gasteiger charge is 2.12. The SMILES string of the molecule is C=C1CCCC(CCNC)N1. The predicted molar refractivity (Wildman–Crippen MR) is 48.5 cm³/mol. The summed E-state index contributed by atoms with van der Waals surface area (Å²) in [6.45, 7) is 5.04. The van der Waals surface area contributed by atoms with E-state index in [-0.39, 0.29) is 0 Å². The predicted octanol–water partition coefficient (Wildman–Crippen LogP) is 1.25. The van der Waals surface area contributed by atoms with Crippen LogP contribution in [0.15, 0.2) is 12.3 Å². The number of piperidine rings is 1. The van der Waals surface area contributed by atoms with E-state index in [2.05, 4.69) is 17.2 Å². The summed E-state index contributed by atoms with van der Waals surface area (Å²) in [5, 5.41) is 6.58. The van der Waals surface area contributed by atoms with E-state index in [9.17, 15) is 0 Å². The van der Waals surface area contributed by atoms with Crippen molar-refractivity contribution in [3.8, 4) is 0 Å². The molecular formula is C9H18N2. The van der Waals surface area contributed by atoms with Gasteiger partial charge in [0.25, 0.3) is 0 Å². The lowest BCUT2D eigenvalue weighted by molar-refractivity contribution is 0.423. The average molecular weight is 154 g/mol. The summed E-state index contributed by atoms with van der Waals surface area (Å²) in [6.07, 6.45) is 4.99. The zero-order valence-electron chi connectivity index (χ0n) is 7.32. The lowest BCUT2D eigenvalue weighted by Gasteiger charge is -2.26. The maximum Gasteiger partial charge on any atom is 0.0270 e. The van der Waals surface area contributed by atoms with Gasteiger partial charge in [0.05, 0.1) is 0 Å². The molecule has 64 valence electrons. The van der Waals surface area contributed by atoms with E-state index >= 15 is 0 Å². The molecule has 1 saturated heterocycles. The van der Waals surface area contributed by atoms with Crippen molar-refractivity contribution in [2.24, 2.45) is 0 Å². The van der Waals surface area contributed by atoms with Crippen LogP contribution in [0.3, 0.4) is 0 Å². The maximum absolute atomic E-state index is 3.94. The van der Waals surface area contributed by atoms with Crippen molar-refractivity contribution < 1.29 is 0 Å². The van der Waals surface area contributed by atoms with Crippen LogP contribution in [-0.2, 0) is 0 Å². The Morgan fingerprint density at radius 1 is 1.73 bits per heavy atom. The third kappa shape index (κ3) is 2.93. The van der Waals surface area contributed by atoms with E-state index in [1.807, 2.05) is 7.05 Å². The molecule has 1 aliphatic rings. The van der Waals surface area contributed by atoms with E-state index in [1.165, 1.54) is 25.0 Å². The minimum atomic E-state index is 0.670. The Kier molecular flexibility index (Phi) is 3.43. The number of hydrogen-bond donors (Lipinski definition) is 2.